The Morgan fingerprint density at radius 1 is 1.43 bits per heavy atom. The van der Waals surface area contributed by atoms with E-state index in [1.165, 1.54) is 5.56 Å². The predicted octanol–water partition coefficient (Wildman–Crippen LogP) is 3.59. The molecule has 0 unspecified atom stereocenters. The quantitative estimate of drug-likeness (QED) is 0.805. The first kappa shape index (κ1) is 15.7. The van der Waals surface area contributed by atoms with Gasteiger partial charge in [-0.15, -0.1) is 11.3 Å². The molecule has 0 spiro atoms. The minimum Gasteiger partial charge on any atom is -0.363 e. The molecule has 3 rings (SSSR count). The number of carbonyl (C=O) groups is 1. The maximum atomic E-state index is 12.6. The average Bonchev–Trinajstić information content (AvgIpc) is 3.24. The first-order valence-corrected chi connectivity index (χ1v) is 8.68. The summed E-state index contributed by atoms with van der Waals surface area (Å²) in [5.74, 6) is 1.01. The molecule has 1 aliphatic rings. The lowest BCUT2D eigenvalue weighted by atomic mass is 10.1. The van der Waals surface area contributed by atoms with Crippen molar-refractivity contribution in [1.29, 1.82) is 0 Å². The van der Waals surface area contributed by atoms with Crippen molar-refractivity contribution in [2.75, 3.05) is 25.5 Å². The van der Waals surface area contributed by atoms with Crippen LogP contribution >= 0.6 is 11.3 Å². The Labute approximate surface area is 141 Å². The summed E-state index contributed by atoms with van der Waals surface area (Å²) in [6.45, 7) is 0.817. The molecule has 1 amide bonds. The van der Waals surface area contributed by atoms with E-state index >= 15 is 0 Å². The van der Waals surface area contributed by atoms with E-state index in [-0.39, 0.29) is 11.9 Å². The third-order valence-corrected chi connectivity index (χ3v) is 4.92. The molecular formula is C18H21N3OS. The van der Waals surface area contributed by atoms with Crippen LogP contribution in [0.1, 0.15) is 29.3 Å². The van der Waals surface area contributed by atoms with Gasteiger partial charge in [-0.05, 0) is 48.1 Å². The molecule has 0 aliphatic carbocycles. The maximum Gasteiger partial charge on any atom is 0.247 e. The summed E-state index contributed by atoms with van der Waals surface area (Å²) in [6, 6.07) is 8.26. The summed E-state index contributed by atoms with van der Waals surface area (Å²) in [7, 11) is 3.96. The number of thiophene rings is 1. The fourth-order valence-corrected chi connectivity index (χ4v) is 3.52. The van der Waals surface area contributed by atoms with Crippen molar-refractivity contribution >= 4 is 29.1 Å². The largest absolute Gasteiger partial charge is 0.363 e. The van der Waals surface area contributed by atoms with Gasteiger partial charge in [0.25, 0.3) is 0 Å². The Morgan fingerprint density at radius 3 is 3.04 bits per heavy atom. The molecule has 1 saturated heterocycles. The molecule has 120 valence electrons. The van der Waals surface area contributed by atoms with Crippen LogP contribution in [-0.2, 0) is 4.79 Å². The molecule has 5 heteroatoms. The van der Waals surface area contributed by atoms with Crippen molar-refractivity contribution < 1.29 is 4.79 Å². The normalized spacial score (nSPS) is 17.8. The predicted molar refractivity (Wildman–Crippen MR) is 95.6 cm³/mol. The lowest BCUT2D eigenvalue weighted by Crippen LogP contribution is -2.29. The van der Waals surface area contributed by atoms with Crippen LogP contribution in [-0.4, -0.2) is 36.4 Å². The summed E-state index contributed by atoms with van der Waals surface area (Å²) in [5, 5.41) is 2.02. The summed E-state index contributed by atoms with van der Waals surface area (Å²) >= 11 is 1.64. The number of nitrogens with zero attached hydrogens (tertiary/aromatic N) is 3. The standard InChI is InChI=1S/C18H21N3OS/c1-20(2)17-13-14(9-10-19-17)16-6-3-11-21(16)18(22)8-7-15-5-4-12-23-15/h4-5,7-10,12-13,16H,3,6,11H2,1-2H3/b8-7+/t16-/m1/s1. The van der Waals surface area contributed by atoms with Gasteiger partial charge in [0.1, 0.15) is 5.82 Å². The Morgan fingerprint density at radius 2 is 2.30 bits per heavy atom. The monoisotopic (exact) mass is 327 g/mol. The molecule has 0 bridgehead atoms. The van der Waals surface area contributed by atoms with Crippen molar-refractivity contribution in [2.24, 2.45) is 0 Å². The molecule has 23 heavy (non-hydrogen) atoms. The topological polar surface area (TPSA) is 36.4 Å². The van der Waals surface area contributed by atoms with Crippen molar-refractivity contribution in [3.05, 3.63) is 52.4 Å². The van der Waals surface area contributed by atoms with Crippen LogP contribution in [0, 0.1) is 0 Å². The van der Waals surface area contributed by atoms with E-state index in [0.29, 0.717) is 0 Å². The number of carbonyl (C=O) groups excluding carboxylic acids is 1. The lowest BCUT2D eigenvalue weighted by Gasteiger charge is -2.24. The van der Waals surface area contributed by atoms with Crippen LogP contribution in [0.2, 0.25) is 0 Å². The number of pyridine rings is 1. The summed E-state index contributed by atoms with van der Waals surface area (Å²) in [5.41, 5.74) is 1.17. The first-order valence-electron chi connectivity index (χ1n) is 7.80. The Hall–Kier alpha value is -2.14. The SMILES string of the molecule is CN(C)c1cc([C@H]2CCCN2C(=O)/C=C/c2cccs2)ccn1. The lowest BCUT2D eigenvalue weighted by molar-refractivity contribution is -0.126. The molecule has 2 aromatic rings. The highest BCUT2D eigenvalue weighted by Crippen LogP contribution is 2.33. The van der Waals surface area contributed by atoms with Gasteiger partial charge in [0.2, 0.25) is 5.91 Å². The molecular weight excluding hydrogens is 306 g/mol. The fraction of sp³-hybridized carbons (Fsp3) is 0.333. The van der Waals surface area contributed by atoms with Crippen molar-refractivity contribution in [3.8, 4) is 0 Å². The van der Waals surface area contributed by atoms with Gasteiger partial charge in [-0.25, -0.2) is 4.98 Å². The minimum atomic E-state index is 0.0871. The molecule has 0 saturated carbocycles. The number of hydrogen-bond donors (Lipinski definition) is 0. The van der Waals surface area contributed by atoms with E-state index in [0.717, 1.165) is 30.1 Å². The summed E-state index contributed by atoms with van der Waals surface area (Å²) in [4.78, 5) is 22.0. The second-order valence-electron chi connectivity index (χ2n) is 5.88. The summed E-state index contributed by atoms with van der Waals surface area (Å²) < 4.78 is 0. The fourth-order valence-electron chi connectivity index (χ4n) is 2.90. The van der Waals surface area contributed by atoms with E-state index in [1.807, 2.05) is 59.7 Å². The van der Waals surface area contributed by atoms with Crippen molar-refractivity contribution in [3.63, 3.8) is 0 Å². The Balaban J connectivity index is 1.77. The second-order valence-corrected chi connectivity index (χ2v) is 6.86. The van der Waals surface area contributed by atoms with Crippen LogP contribution in [0.15, 0.2) is 41.9 Å². The van der Waals surface area contributed by atoms with Crippen LogP contribution in [0.4, 0.5) is 5.82 Å². The zero-order valence-electron chi connectivity index (χ0n) is 13.5. The number of amides is 1. The van der Waals surface area contributed by atoms with Crippen LogP contribution < -0.4 is 4.90 Å². The van der Waals surface area contributed by atoms with Gasteiger partial charge in [0.15, 0.2) is 0 Å². The zero-order valence-corrected chi connectivity index (χ0v) is 14.3. The van der Waals surface area contributed by atoms with Gasteiger partial charge in [0, 0.05) is 37.8 Å². The molecule has 1 atom stereocenters. The number of aromatic nitrogens is 1. The smallest absolute Gasteiger partial charge is 0.247 e. The Kier molecular flexibility index (Phi) is 4.76. The second kappa shape index (κ2) is 6.96. The molecule has 0 radical (unpaired) electrons. The molecule has 1 fully saturated rings. The molecule has 4 nitrogen and oxygen atoms in total. The van der Waals surface area contributed by atoms with Gasteiger partial charge in [-0.3, -0.25) is 4.79 Å². The van der Waals surface area contributed by atoms with Crippen molar-refractivity contribution in [1.82, 2.24) is 9.88 Å². The Bertz CT molecular complexity index is 694. The van der Waals surface area contributed by atoms with Crippen molar-refractivity contribution in [2.45, 2.75) is 18.9 Å². The van der Waals surface area contributed by atoms with E-state index in [1.54, 1.807) is 17.4 Å². The van der Waals surface area contributed by atoms with Gasteiger partial charge < -0.3 is 9.80 Å². The zero-order chi connectivity index (χ0) is 16.2. The number of rotatable bonds is 4. The highest BCUT2D eigenvalue weighted by Gasteiger charge is 2.29. The van der Waals surface area contributed by atoms with Gasteiger partial charge in [-0.1, -0.05) is 6.07 Å². The van der Waals surface area contributed by atoms with Gasteiger partial charge >= 0.3 is 0 Å². The molecule has 1 aliphatic heterocycles. The van der Waals surface area contributed by atoms with Gasteiger partial charge in [-0.2, -0.15) is 0 Å². The molecule has 2 aromatic heterocycles. The molecule has 0 aromatic carbocycles. The maximum absolute atomic E-state index is 12.6. The third-order valence-electron chi connectivity index (χ3n) is 4.08. The molecule has 0 N–H and O–H groups in total. The highest BCUT2D eigenvalue weighted by molar-refractivity contribution is 7.10. The van der Waals surface area contributed by atoms with Gasteiger partial charge in [0.05, 0.1) is 6.04 Å². The van der Waals surface area contributed by atoms with Crippen LogP contribution in [0.3, 0.4) is 0 Å². The van der Waals surface area contributed by atoms with E-state index in [9.17, 15) is 4.79 Å². The minimum absolute atomic E-state index is 0.0871. The number of likely N-dealkylation sites (tertiary alicyclic amines) is 1. The molecule has 3 heterocycles. The van der Waals surface area contributed by atoms with E-state index in [4.69, 9.17) is 0 Å². The van der Waals surface area contributed by atoms with E-state index < -0.39 is 0 Å². The van der Waals surface area contributed by atoms with E-state index in [2.05, 4.69) is 11.1 Å². The van der Waals surface area contributed by atoms with Crippen LogP contribution in [0.25, 0.3) is 6.08 Å². The van der Waals surface area contributed by atoms with Crippen LogP contribution in [0.5, 0.6) is 0 Å². The summed E-state index contributed by atoms with van der Waals surface area (Å²) in [6.07, 6.45) is 7.48. The third kappa shape index (κ3) is 3.62. The average molecular weight is 327 g/mol. The highest BCUT2D eigenvalue weighted by atomic mass is 32.1. The number of anilines is 1. The number of hydrogen-bond acceptors (Lipinski definition) is 4. The first-order chi connectivity index (χ1) is 11.1.